The van der Waals surface area contributed by atoms with Crippen molar-refractivity contribution in [2.24, 2.45) is 35.1 Å². The van der Waals surface area contributed by atoms with Crippen LogP contribution in [0.3, 0.4) is 0 Å². The van der Waals surface area contributed by atoms with Crippen molar-refractivity contribution >= 4 is 0 Å². The molecule has 2 rings (SSSR count). The Labute approximate surface area is 110 Å². The molecule has 6 atom stereocenters. The van der Waals surface area contributed by atoms with Gasteiger partial charge in [-0.15, -0.1) is 0 Å². The van der Waals surface area contributed by atoms with Crippen molar-refractivity contribution in [1.29, 1.82) is 0 Å². The van der Waals surface area contributed by atoms with Gasteiger partial charge in [0.2, 0.25) is 0 Å². The average Bonchev–Trinajstić information content (AvgIpc) is 2.39. The van der Waals surface area contributed by atoms with Crippen LogP contribution in [0.2, 0.25) is 0 Å². The molecular weight excluding hydrogens is 228 g/mol. The standard InChI is InChI=1S/C14H28N2O2/c15-13(17)11-5-1-3-9(7-11)10-4-2-6-12(8-10)14(16)18/h9-14,17-18H,1-8,15-16H2. The minimum atomic E-state index is -0.660. The lowest BCUT2D eigenvalue weighted by atomic mass is 9.67. The molecule has 0 aromatic heterocycles. The highest BCUT2D eigenvalue weighted by Gasteiger charge is 2.34. The van der Waals surface area contributed by atoms with Gasteiger partial charge in [-0.3, -0.25) is 0 Å². The first-order chi connectivity index (χ1) is 8.58. The van der Waals surface area contributed by atoms with Crippen molar-refractivity contribution in [3.05, 3.63) is 0 Å². The Morgan fingerprint density at radius 3 is 1.44 bits per heavy atom. The fraction of sp³-hybridized carbons (Fsp3) is 1.00. The minimum absolute atomic E-state index is 0.270. The van der Waals surface area contributed by atoms with Gasteiger partial charge in [0.15, 0.2) is 0 Å². The van der Waals surface area contributed by atoms with E-state index in [9.17, 15) is 10.2 Å². The van der Waals surface area contributed by atoms with Gasteiger partial charge in [-0.2, -0.15) is 0 Å². The van der Waals surface area contributed by atoms with E-state index in [4.69, 9.17) is 11.5 Å². The van der Waals surface area contributed by atoms with Crippen molar-refractivity contribution < 1.29 is 10.2 Å². The lowest BCUT2D eigenvalue weighted by Gasteiger charge is -2.40. The molecule has 0 aliphatic heterocycles. The summed E-state index contributed by atoms with van der Waals surface area (Å²) in [7, 11) is 0. The molecule has 0 bridgehead atoms. The first-order valence-electron chi connectivity index (χ1n) is 7.45. The van der Waals surface area contributed by atoms with Crippen molar-refractivity contribution in [2.75, 3.05) is 0 Å². The predicted octanol–water partition coefficient (Wildman–Crippen LogP) is 1.15. The van der Waals surface area contributed by atoms with E-state index < -0.39 is 12.5 Å². The molecule has 18 heavy (non-hydrogen) atoms. The second-order valence-electron chi connectivity index (χ2n) is 6.35. The van der Waals surface area contributed by atoms with Gasteiger partial charge in [0.1, 0.15) is 12.5 Å². The third-order valence-corrected chi connectivity index (χ3v) is 5.14. The Balaban J connectivity index is 1.90. The molecule has 0 radical (unpaired) electrons. The molecule has 6 unspecified atom stereocenters. The van der Waals surface area contributed by atoms with Gasteiger partial charge >= 0.3 is 0 Å². The number of hydrogen-bond acceptors (Lipinski definition) is 4. The number of hydrogen-bond donors (Lipinski definition) is 4. The molecule has 6 N–H and O–H groups in total. The van der Waals surface area contributed by atoms with Crippen LogP contribution in [0, 0.1) is 23.7 Å². The highest BCUT2D eigenvalue weighted by molar-refractivity contribution is 4.85. The lowest BCUT2D eigenvalue weighted by molar-refractivity contribution is 0.0279. The van der Waals surface area contributed by atoms with Crippen molar-refractivity contribution in [3.8, 4) is 0 Å². The van der Waals surface area contributed by atoms with Crippen LogP contribution in [-0.4, -0.2) is 22.7 Å². The number of rotatable bonds is 3. The second-order valence-corrected chi connectivity index (χ2v) is 6.35. The summed E-state index contributed by atoms with van der Waals surface area (Å²) >= 11 is 0. The van der Waals surface area contributed by atoms with Crippen molar-refractivity contribution in [3.63, 3.8) is 0 Å². The van der Waals surface area contributed by atoms with Crippen LogP contribution in [0.4, 0.5) is 0 Å². The predicted molar refractivity (Wildman–Crippen MR) is 71.3 cm³/mol. The fourth-order valence-electron chi connectivity index (χ4n) is 4.01. The van der Waals surface area contributed by atoms with E-state index in [1.807, 2.05) is 0 Å². The Bertz CT molecular complexity index is 232. The molecule has 4 heteroatoms. The van der Waals surface area contributed by atoms with Gasteiger partial charge in [0, 0.05) is 0 Å². The van der Waals surface area contributed by atoms with E-state index >= 15 is 0 Å². The molecule has 0 amide bonds. The SMILES string of the molecule is NC(O)C1CCCC(C2CCCC(C(N)O)C2)C1. The zero-order valence-corrected chi connectivity index (χ0v) is 11.2. The third-order valence-electron chi connectivity index (χ3n) is 5.14. The molecule has 0 heterocycles. The number of aliphatic hydroxyl groups is 2. The van der Waals surface area contributed by atoms with Gasteiger partial charge in [-0.1, -0.05) is 25.7 Å². The number of aliphatic hydroxyl groups excluding tert-OH is 2. The maximum atomic E-state index is 9.55. The monoisotopic (exact) mass is 256 g/mol. The Morgan fingerprint density at radius 2 is 1.11 bits per heavy atom. The summed E-state index contributed by atoms with van der Waals surface area (Å²) in [6.45, 7) is 0. The molecule has 2 aliphatic rings. The molecule has 0 saturated heterocycles. The Morgan fingerprint density at radius 1 is 0.722 bits per heavy atom. The number of nitrogens with two attached hydrogens (primary N) is 2. The molecule has 0 aromatic rings. The third kappa shape index (κ3) is 3.44. The van der Waals surface area contributed by atoms with E-state index in [0.29, 0.717) is 11.8 Å². The molecule has 2 saturated carbocycles. The van der Waals surface area contributed by atoms with Gasteiger partial charge < -0.3 is 21.7 Å². The van der Waals surface area contributed by atoms with Gasteiger partial charge in [-0.05, 0) is 49.4 Å². The van der Waals surface area contributed by atoms with E-state index in [0.717, 1.165) is 25.7 Å². The zero-order chi connectivity index (χ0) is 13.1. The highest BCUT2D eigenvalue weighted by atomic mass is 16.3. The zero-order valence-electron chi connectivity index (χ0n) is 11.2. The molecular formula is C14H28N2O2. The van der Waals surface area contributed by atoms with Crippen LogP contribution in [0.1, 0.15) is 51.4 Å². The Hall–Kier alpha value is -0.160. The van der Waals surface area contributed by atoms with Crippen LogP contribution in [-0.2, 0) is 0 Å². The summed E-state index contributed by atoms with van der Waals surface area (Å²) in [4.78, 5) is 0. The Kier molecular flexibility index (Phi) is 5.01. The normalized spacial score (nSPS) is 41.3. The van der Waals surface area contributed by atoms with Crippen LogP contribution in [0.15, 0.2) is 0 Å². The van der Waals surface area contributed by atoms with E-state index in [2.05, 4.69) is 0 Å². The van der Waals surface area contributed by atoms with Gasteiger partial charge in [0.25, 0.3) is 0 Å². The minimum Gasteiger partial charge on any atom is -0.379 e. The van der Waals surface area contributed by atoms with Crippen molar-refractivity contribution in [1.82, 2.24) is 0 Å². The fourth-order valence-corrected chi connectivity index (χ4v) is 4.01. The van der Waals surface area contributed by atoms with E-state index in [1.54, 1.807) is 0 Å². The topological polar surface area (TPSA) is 92.5 Å². The summed E-state index contributed by atoms with van der Waals surface area (Å²) in [6.07, 6.45) is 7.76. The van der Waals surface area contributed by atoms with Crippen molar-refractivity contribution in [2.45, 2.75) is 63.8 Å². The first kappa shape index (κ1) is 14.3. The van der Waals surface area contributed by atoms with Gasteiger partial charge in [0.05, 0.1) is 0 Å². The van der Waals surface area contributed by atoms with Gasteiger partial charge in [-0.25, -0.2) is 0 Å². The second kappa shape index (κ2) is 6.33. The van der Waals surface area contributed by atoms with E-state index in [-0.39, 0.29) is 11.8 Å². The largest absolute Gasteiger partial charge is 0.379 e. The van der Waals surface area contributed by atoms with Crippen LogP contribution < -0.4 is 11.5 Å². The smallest absolute Gasteiger partial charge is 0.105 e. The molecule has 106 valence electrons. The summed E-state index contributed by atoms with van der Waals surface area (Å²) < 4.78 is 0. The molecule has 2 fully saturated rings. The summed E-state index contributed by atoms with van der Waals surface area (Å²) in [6, 6.07) is 0. The highest BCUT2D eigenvalue weighted by Crippen LogP contribution is 2.42. The maximum absolute atomic E-state index is 9.55. The molecule has 0 aromatic carbocycles. The lowest BCUT2D eigenvalue weighted by Crippen LogP contribution is -2.38. The summed E-state index contributed by atoms with van der Waals surface area (Å²) in [5.74, 6) is 1.88. The quantitative estimate of drug-likeness (QED) is 0.570. The van der Waals surface area contributed by atoms with Crippen LogP contribution >= 0.6 is 0 Å². The molecule has 2 aliphatic carbocycles. The van der Waals surface area contributed by atoms with E-state index in [1.165, 1.54) is 25.7 Å². The van der Waals surface area contributed by atoms with Crippen LogP contribution in [0.25, 0.3) is 0 Å². The van der Waals surface area contributed by atoms with Crippen LogP contribution in [0.5, 0.6) is 0 Å². The summed E-state index contributed by atoms with van der Waals surface area (Å²) in [5, 5.41) is 19.1. The molecule has 4 nitrogen and oxygen atoms in total. The average molecular weight is 256 g/mol. The first-order valence-corrected chi connectivity index (χ1v) is 7.45. The maximum Gasteiger partial charge on any atom is 0.105 e. The molecule has 0 spiro atoms. The summed E-state index contributed by atoms with van der Waals surface area (Å²) in [5.41, 5.74) is 11.3.